The number of amides is 3. The number of carbonyl (C=O) groups excluding carboxylic acids is 3. The van der Waals surface area contributed by atoms with Crippen LogP contribution in [0.5, 0.6) is 0 Å². The number of fused-ring (bicyclic) bond motifs is 1. The van der Waals surface area contributed by atoms with Gasteiger partial charge in [-0.2, -0.15) is 0 Å². The first-order valence-corrected chi connectivity index (χ1v) is 12.6. The Morgan fingerprint density at radius 2 is 1.94 bits per heavy atom. The molecule has 3 amide bonds. The number of carbonyl (C=O) groups is 3. The van der Waals surface area contributed by atoms with Crippen LogP contribution in [0, 0.1) is 25.7 Å². The Bertz CT molecular complexity index is 1090. The second kappa shape index (κ2) is 9.82. The summed E-state index contributed by atoms with van der Waals surface area (Å²) in [7, 11) is 1.69. The van der Waals surface area contributed by atoms with Crippen molar-refractivity contribution in [1.29, 1.82) is 0 Å². The van der Waals surface area contributed by atoms with Gasteiger partial charge in [0.2, 0.25) is 11.8 Å². The van der Waals surface area contributed by atoms with Crippen molar-refractivity contribution in [2.75, 3.05) is 31.6 Å². The Labute approximate surface area is 213 Å². The van der Waals surface area contributed by atoms with Crippen LogP contribution in [0.25, 0.3) is 0 Å². The highest BCUT2D eigenvalue weighted by molar-refractivity contribution is 6.05. The maximum absolute atomic E-state index is 14.4. The van der Waals surface area contributed by atoms with E-state index in [0.29, 0.717) is 19.4 Å². The summed E-state index contributed by atoms with van der Waals surface area (Å²) >= 11 is 0. The number of ether oxygens (including phenoxy) is 1. The molecule has 2 bridgehead atoms. The number of hydrogen-bond acceptors (Lipinski definition) is 5. The Morgan fingerprint density at radius 1 is 1.25 bits per heavy atom. The number of benzene rings is 1. The Balaban J connectivity index is 1.81. The van der Waals surface area contributed by atoms with Crippen LogP contribution in [-0.4, -0.2) is 83.2 Å². The molecule has 0 radical (unpaired) electrons. The van der Waals surface area contributed by atoms with Gasteiger partial charge in [0.05, 0.1) is 30.6 Å². The van der Waals surface area contributed by atoms with E-state index in [1.165, 1.54) is 4.90 Å². The van der Waals surface area contributed by atoms with Crippen LogP contribution in [0.15, 0.2) is 43.5 Å². The first-order chi connectivity index (χ1) is 17.1. The van der Waals surface area contributed by atoms with Crippen molar-refractivity contribution in [1.82, 2.24) is 9.80 Å². The summed E-state index contributed by atoms with van der Waals surface area (Å²) in [5.41, 5.74) is 1.56. The molecule has 1 N–H and O–H groups in total. The summed E-state index contributed by atoms with van der Waals surface area (Å²) in [6, 6.07) is 4.34. The molecule has 3 aliphatic heterocycles. The molecule has 8 heteroatoms. The molecule has 3 fully saturated rings. The van der Waals surface area contributed by atoms with E-state index in [1.54, 1.807) is 35.9 Å². The number of nitrogens with zero attached hydrogens (tertiary/aromatic N) is 3. The molecule has 0 aliphatic carbocycles. The third-order valence-corrected chi connectivity index (χ3v) is 8.01. The van der Waals surface area contributed by atoms with Crippen molar-refractivity contribution in [3.05, 3.63) is 54.6 Å². The molecule has 36 heavy (non-hydrogen) atoms. The van der Waals surface area contributed by atoms with Gasteiger partial charge in [-0.1, -0.05) is 24.3 Å². The average molecular weight is 496 g/mol. The molecule has 3 aliphatic rings. The topological polar surface area (TPSA) is 90.4 Å². The lowest BCUT2D eigenvalue weighted by molar-refractivity contribution is -0.146. The molecule has 2 unspecified atom stereocenters. The fourth-order valence-electron chi connectivity index (χ4n) is 6.35. The largest absolute Gasteiger partial charge is 0.394 e. The van der Waals surface area contributed by atoms with E-state index >= 15 is 0 Å². The Kier molecular flexibility index (Phi) is 7.12. The van der Waals surface area contributed by atoms with Crippen LogP contribution in [0.3, 0.4) is 0 Å². The van der Waals surface area contributed by atoms with Crippen molar-refractivity contribution < 1.29 is 24.2 Å². The number of aryl methyl sites for hydroxylation is 2. The summed E-state index contributed by atoms with van der Waals surface area (Å²) in [6.45, 7) is 13.5. The zero-order chi connectivity index (χ0) is 26.4. The quantitative estimate of drug-likeness (QED) is 0.531. The predicted molar refractivity (Wildman–Crippen MR) is 137 cm³/mol. The standard InChI is InChI=1S/C28H37N3O5/c1-7-13-29(6)25(33)22-21-11-12-28(36-21)23(22)26(34)31(19(5)16-32)24(28)27(35)30(14-8-2)20-15-17(3)9-10-18(20)4/h7-10,15,19,21-24,32H,1-2,11-14,16H2,3-6H3/t19-,21+,22-,23+,24?,28?/m1/s1. The van der Waals surface area contributed by atoms with E-state index in [9.17, 15) is 19.5 Å². The van der Waals surface area contributed by atoms with Crippen LogP contribution < -0.4 is 4.90 Å². The van der Waals surface area contributed by atoms with Crippen molar-refractivity contribution in [3.8, 4) is 0 Å². The van der Waals surface area contributed by atoms with E-state index < -0.39 is 35.6 Å². The Morgan fingerprint density at radius 3 is 2.58 bits per heavy atom. The molecular weight excluding hydrogens is 458 g/mol. The zero-order valence-electron chi connectivity index (χ0n) is 21.6. The SMILES string of the molecule is C=CCN(C)C(=O)[C@@H]1[C@@H]2CCC3(O2)C(C(=O)N(CC=C)c2cc(C)ccc2C)N([C@H](C)CO)C(=O)[C@H]13. The highest BCUT2D eigenvalue weighted by atomic mass is 16.5. The molecule has 8 nitrogen and oxygen atoms in total. The van der Waals surface area contributed by atoms with E-state index in [2.05, 4.69) is 13.2 Å². The minimum atomic E-state index is -1.12. The van der Waals surface area contributed by atoms with Gasteiger partial charge in [0.1, 0.15) is 11.6 Å². The fraction of sp³-hybridized carbons (Fsp3) is 0.536. The van der Waals surface area contributed by atoms with Crippen molar-refractivity contribution in [2.24, 2.45) is 11.8 Å². The van der Waals surface area contributed by atoms with Crippen molar-refractivity contribution in [3.63, 3.8) is 0 Å². The van der Waals surface area contributed by atoms with Gasteiger partial charge >= 0.3 is 0 Å². The lowest BCUT2D eigenvalue weighted by atomic mass is 9.70. The second-order valence-corrected chi connectivity index (χ2v) is 10.4. The minimum absolute atomic E-state index is 0.179. The van der Waals surface area contributed by atoms with E-state index in [4.69, 9.17) is 4.74 Å². The van der Waals surface area contributed by atoms with E-state index in [1.807, 2.05) is 32.0 Å². The summed E-state index contributed by atoms with van der Waals surface area (Å²) < 4.78 is 6.50. The van der Waals surface area contributed by atoms with E-state index in [-0.39, 0.29) is 30.9 Å². The number of likely N-dealkylation sites (N-methyl/N-ethyl adjacent to an activating group) is 1. The molecule has 3 saturated heterocycles. The summed E-state index contributed by atoms with van der Waals surface area (Å²) in [4.78, 5) is 46.5. The van der Waals surface area contributed by atoms with Crippen LogP contribution in [0.2, 0.25) is 0 Å². The third kappa shape index (κ3) is 3.87. The molecule has 1 aromatic carbocycles. The first kappa shape index (κ1) is 26.1. The zero-order valence-corrected chi connectivity index (χ0v) is 21.6. The molecule has 0 saturated carbocycles. The molecule has 1 spiro atoms. The van der Waals surface area contributed by atoms with Crippen LogP contribution in [0.4, 0.5) is 5.69 Å². The second-order valence-electron chi connectivity index (χ2n) is 10.4. The molecule has 194 valence electrons. The maximum atomic E-state index is 14.4. The van der Waals surface area contributed by atoms with Gasteiger partial charge < -0.3 is 24.5 Å². The number of hydrogen-bond donors (Lipinski definition) is 1. The van der Waals surface area contributed by atoms with Crippen molar-refractivity contribution >= 4 is 23.4 Å². The smallest absolute Gasteiger partial charge is 0.253 e. The molecular formula is C28H37N3O5. The van der Waals surface area contributed by atoms with Crippen LogP contribution in [0.1, 0.15) is 30.9 Å². The number of likely N-dealkylation sites (tertiary alicyclic amines) is 1. The van der Waals surface area contributed by atoms with Gasteiger partial charge in [0.25, 0.3) is 5.91 Å². The van der Waals surface area contributed by atoms with Crippen molar-refractivity contribution in [2.45, 2.75) is 57.4 Å². The number of rotatable bonds is 9. The van der Waals surface area contributed by atoms with Gasteiger partial charge in [0.15, 0.2) is 0 Å². The van der Waals surface area contributed by atoms with E-state index in [0.717, 1.165) is 16.8 Å². The van der Waals surface area contributed by atoms with Gasteiger partial charge in [-0.05, 0) is 50.8 Å². The van der Waals surface area contributed by atoms with Gasteiger partial charge in [-0.15, -0.1) is 13.2 Å². The Hall–Kier alpha value is -2.97. The lowest BCUT2D eigenvalue weighted by Crippen LogP contribution is -2.58. The fourth-order valence-corrected chi connectivity index (χ4v) is 6.35. The molecule has 4 rings (SSSR count). The number of aliphatic hydroxyl groups excluding tert-OH is 1. The molecule has 6 atom stereocenters. The van der Waals surface area contributed by atoms with Crippen LogP contribution >= 0.6 is 0 Å². The lowest BCUT2D eigenvalue weighted by Gasteiger charge is -2.38. The summed E-state index contributed by atoms with van der Waals surface area (Å²) in [5.74, 6) is -2.21. The summed E-state index contributed by atoms with van der Waals surface area (Å²) in [6.07, 6.45) is 3.98. The molecule has 1 aromatic rings. The highest BCUT2D eigenvalue weighted by Crippen LogP contribution is 2.59. The molecule has 0 aromatic heterocycles. The number of anilines is 1. The van der Waals surface area contributed by atoms with Crippen LogP contribution in [-0.2, 0) is 19.1 Å². The maximum Gasteiger partial charge on any atom is 0.253 e. The van der Waals surface area contributed by atoms with Gasteiger partial charge in [-0.25, -0.2) is 0 Å². The minimum Gasteiger partial charge on any atom is -0.394 e. The van der Waals surface area contributed by atoms with Gasteiger partial charge in [0, 0.05) is 25.8 Å². The normalized spacial score (nSPS) is 29.1. The average Bonchev–Trinajstić information content (AvgIpc) is 3.50. The summed E-state index contributed by atoms with van der Waals surface area (Å²) in [5, 5.41) is 10.1. The first-order valence-electron chi connectivity index (χ1n) is 12.6. The predicted octanol–water partition coefficient (Wildman–Crippen LogP) is 2.22. The monoisotopic (exact) mass is 495 g/mol. The molecule has 3 heterocycles. The van der Waals surface area contributed by atoms with Gasteiger partial charge in [-0.3, -0.25) is 14.4 Å². The number of aliphatic hydroxyl groups is 1. The third-order valence-electron chi connectivity index (χ3n) is 8.01. The highest BCUT2D eigenvalue weighted by Gasteiger charge is 2.75.